The van der Waals surface area contributed by atoms with E-state index in [0.717, 1.165) is 56.8 Å². The van der Waals surface area contributed by atoms with E-state index in [2.05, 4.69) is 75.4 Å². The van der Waals surface area contributed by atoms with E-state index in [-0.39, 0.29) is 29.8 Å². The van der Waals surface area contributed by atoms with Gasteiger partial charge in [0.25, 0.3) is 0 Å². The molecular formula is C36H45N5O4. The molecule has 9 heteroatoms. The van der Waals surface area contributed by atoms with Gasteiger partial charge in [-0.25, -0.2) is 0 Å². The maximum Gasteiger partial charge on any atom is 0.228 e. The minimum absolute atomic E-state index is 0.0198. The van der Waals surface area contributed by atoms with Crippen LogP contribution >= 0.6 is 0 Å². The van der Waals surface area contributed by atoms with Crippen LogP contribution in [-0.2, 0) is 16.1 Å². The molecule has 1 amide bonds. The summed E-state index contributed by atoms with van der Waals surface area (Å²) < 4.78 is 17.6. The first-order valence-electron chi connectivity index (χ1n) is 16.6. The number of benzene rings is 2. The Morgan fingerprint density at radius 1 is 0.933 bits per heavy atom. The highest BCUT2D eigenvalue weighted by molar-refractivity contribution is 5.79. The molecular weight excluding hydrogens is 566 g/mol. The van der Waals surface area contributed by atoms with Gasteiger partial charge in [0.2, 0.25) is 17.7 Å². The van der Waals surface area contributed by atoms with E-state index in [4.69, 9.17) is 24.2 Å². The molecule has 4 heterocycles. The summed E-state index contributed by atoms with van der Waals surface area (Å²) in [6.45, 7) is 8.36. The number of hydrogen-bond acceptors (Lipinski definition) is 8. The number of amides is 1. The molecule has 3 saturated heterocycles. The summed E-state index contributed by atoms with van der Waals surface area (Å²) in [4.78, 5) is 30.6. The number of methoxy groups -OCH3 is 1. The average molecular weight is 612 g/mol. The number of hydrogen-bond donors (Lipinski definition) is 0. The molecule has 4 aliphatic rings. The molecule has 0 spiro atoms. The van der Waals surface area contributed by atoms with Crippen molar-refractivity contribution in [1.82, 2.24) is 24.7 Å². The molecule has 2 aromatic carbocycles. The molecule has 1 aromatic heterocycles. The van der Waals surface area contributed by atoms with Gasteiger partial charge in [-0.1, -0.05) is 60.7 Å². The fourth-order valence-electron chi connectivity index (χ4n) is 7.55. The molecule has 0 radical (unpaired) electrons. The number of fused-ring (bicyclic) bond motifs is 1. The summed E-state index contributed by atoms with van der Waals surface area (Å²) in [5.74, 6) is 2.86. The minimum atomic E-state index is -0.0198. The third-order valence-electron chi connectivity index (χ3n) is 9.91. The predicted octanol–water partition coefficient (Wildman–Crippen LogP) is 4.33. The second-order valence-corrected chi connectivity index (χ2v) is 12.9. The van der Waals surface area contributed by atoms with Crippen molar-refractivity contribution in [2.75, 3.05) is 59.7 Å². The van der Waals surface area contributed by atoms with E-state index in [1.807, 2.05) is 6.92 Å². The Hall–Kier alpha value is -3.53. The highest BCUT2D eigenvalue weighted by Gasteiger charge is 2.44. The minimum Gasteiger partial charge on any atom is -0.481 e. The van der Waals surface area contributed by atoms with E-state index in [0.29, 0.717) is 50.6 Å². The van der Waals surface area contributed by atoms with Crippen molar-refractivity contribution >= 4 is 5.91 Å². The summed E-state index contributed by atoms with van der Waals surface area (Å²) in [7, 11) is 1.69. The molecule has 9 nitrogen and oxygen atoms in total. The van der Waals surface area contributed by atoms with Crippen LogP contribution in [0.1, 0.15) is 60.5 Å². The third-order valence-corrected chi connectivity index (χ3v) is 9.91. The van der Waals surface area contributed by atoms with Crippen LogP contribution in [0.15, 0.2) is 60.7 Å². The smallest absolute Gasteiger partial charge is 0.228 e. The number of aromatic nitrogens is 2. The SMILES string of the molecule is CCOc1nc(C2CC2)nc(OC)c1CN1C[C@@H]2CN(C(=O)C3CCOC3)CCN2[C@H](C(c2ccccc2)c2ccccc2)C1. The number of nitrogens with zero attached hydrogens (tertiary/aromatic N) is 5. The Kier molecular flexibility index (Phi) is 9.01. The molecule has 7 rings (SSSR count). The normalized spacial score (nSPS) is 24.1. The Morgan fingerprint density at radius 2 is 1.64 bits per heavy atom. The van der Waals surface area contributed by atoms with Crippen LogP contribution < -0.4 is 9.47 Å². The van der Waals surface area contributed by atoms with Crippen molar-refractivity contribution in [3.05, 3.63) is 83.2 Å². The molecule has 1 saturated carbocycles. The van der Waals surface area contributed by atoms with Crippen LogP contribution in [0.25, 0.3) is 0 Å². The number of piperazine rings is 2. The zero-order valence-corrected chi connectivity index (χ0v) is 26.5. The maximum absolute atomic E-state index is 13.6. The lowest BCUT2D eigenvalue weighted by molar-refractivity contribution is -0.141. The van der Waals surface area contributed by atoms with E-state index >= 15 is 0 Å². The Balaban J connectivity index is 1.24. The zero-order chi connectivity index (χ0) is 30.8. The highest BCUT2D eigenvalue weighted by atomic mass is 16.5. The van der Waals surface area contributed by atoms with Crippen LogP contribution in [-0.4, -0.2) is 102 Å². The van der Waals surface area contributed by atoms with Crippen LogP contribution in [0.4, 0.5) is 0 Å². The van der Waals surface area contributed by atoms with Gasteiger partial charge in [0, 0.05) is 69.8 Å². The Bertz CT molecular complexity index is 1410. The maximum atomic E-state index is 13.6. The van der Waals surface area contributed by atoms with Gasteiger partial charge in [0.1, 0.15) is 5.82 Å². The van der Waals surface area contributed by atoms with E-state index < -0.39 is 0 Å². The molecule has 3 aromatic rings. The van der Waals surface area contributed by atoms with Crippen molar-refractivity contribution in [2.45, 2.75) is 56.7 Å². The second-order valence-electron chi connectivity index (χ2n) is 12.9. The van der Waals surface area contributed by atoms with Crippen molar-refractivity contribution in [2.24, 2.45) is 5.92 Å². The summed E-state index contributed by atoms with van der Waals surface area (Å²) in [6, 6.07) is 22.2. The lowest BCUT2D eigenvalue weighted by atomic mass is 9.81. The van der Waals surface area contributed by atoms with Gasteiger partial charge in [-0.05, 0) is 37.3 Å². The fraction of sp³-hybridized carbons (Fsp3) is 0.528. The van der Waals surface area contributed by atoms with Gasteiger partial charge < -0.3 is 19.1 Å². The summed E-state index contributed by atoms with van der Waals surface area (Å²) >= 11 is 0. The molecule has 45 heavy (non-hydrogen) atoms. The van der Waals surface area contributed by atoms with Gasteiger partial charge >= 0.3 is 0 Å². The van der Waals surface area contributed by atoms with E-state index in [9.17, 15) is 4.79 Å². The van der Waals surface area contributed by atoms with Crippen LogP contribution in [0.3, 0.4) is 0 Å². The lowest BCUT2D eigenvalue weighted by Crippen LogP contribution is -2.67. The first-order chi connectivity index (χ1) is 22.1. The molecule has 1 aliphatic carbocycles. The molecule has 0 bridgehead atoms. The summed E-state index contributed by atoms with van der Waals surface area (Å²) in [5, 5.41) is 0. The Labute approximate surface area is 266 Å². The van der Waals surface area contributed by atoms with Gasteiger partial charge in [-0.3, -0.25) is 14.6 Å². The highest BCUT2D eigenvalue weighted by Crippen LogP contribution is 2.41. The number of rotatable bonds is 10. The standard InChI is InChI=1S/C36H45N5O4/c1-3-45-35-30(34(43-2)37-33(38-35)27-14-15-27)22-39-20-29-21-40(36(42)28-16-19-44-24-28)17-18-41(29)31(23-39)32(25-10-6-4-7-11-25)26-12-8-5-9-13-26/h4-13,27-29,31-32H,3,14-24H2,1-2H3/t28?,29-,31+/m1/s1. The molecule has 0 N–H and O–H groups in total. The third kappa shape index (κ3) is 6.44. The van der Waals surface area contributed by atoms with Gasteiger partial charge in [0.05, 0.1) is 31.8 Å². The molecule has 238 valence electrons. The van der Waals surface area contributed by atoms with Crippen molar-refractivity contribution < 1.29 is 19.0 Å². The predicted molar refractivity (Wildman–Crippen MR) is 172 cm³/mol. The van der Waals surface area contributed by atoms with Gasteiger partial charge in [0.15, 0.2) is 0 Å². The van der Waals surface area contributed by atoms with Crippen LogP contribution in [0.5, 0.6) is 11.8 Å². The van der Waals surface area contributed by atoms with Crippen LogP contribution in [0, 0.1) is 5.92 Å². The van der Waals surface area contributed by atoms with Gasteiger partial charge in [-0.15, -0.1) is 0 Å². The fourth-order valence-corrected chi connectivity index (χ4v) is 7.55. The van der Waals surface area contributed by atoms with Gasteiger partial charge in [-0.2, -0.15) is 9.97 Å². The quantitative estimate of drug-likeness (QED) is 0.335. The van der Waals surface area contributed by atoms with E-state index in [1.54, 1.807) is 7.11 Å². The molecule has 3 atom stereocenters. The molecule has 3 aliphatic heterocycles. The Morgan fingerprint density at radius 3 is 2.27 bits per heavy atom. The summed E-state index contributed by atoms with van der Waals surface area (Å²) in [6.07, 6.45) is 3.04. The molecule has 4 fully saturated rings. The first-order valence-corrected chi connectivity index (χ1v) is 16.6. The van der Waals surface area contributed by atoms with Crippen molar-refractivity contribution in [3.63, 3.8) is 0 Å². The molecule has 1 unspecified atom stereocenters. The van der Waals surface area contributed by atoms with Crippen molar-refractivity contribution in [3.8, 4) is 11.8 Å². The monoisotopic (exact) mass is 611 g/mol. The van der Waals surface area contributed by atoms with Crippen molar-refractivity contribution in [1.29, 1.82) is 0 Å². The lowest BCUT2D eigenvalue weighted by Gasteiger charge is -2.53. The number of ether oxygens (including phenoxy) is 3. The number of carbonyl (C=O) groups excluding carboxylic acids is 1. The zero-order valence-electron chi connectivity index (χ0n) is 26.5. The number of carbonyl (C=O) groups is 1. The largest absolute Gasteiger partial charge is 0.481 e. The second kappa shape index (κ2) is 13.4. The first kappa shape index (κ1) is 30.1. The van der Waals surface area contributed by atoms with Crippen LogP contribution in [0.2, 0.25) is 0 Å². The average Bonchev–Trinajstić information content (AvgIpc) is 3.79. The summed E-state index contributed by atoms with van der Waals surface area (Å²) in [5.41, 5.74) is 3.51. The van der Waals surface area contributed by atoms with E-state index in [1.165, 1.54) is 11.1 Å². The topological polar surface area (TPSA) is 80.3 Å².